The molecular weight excluding hydrogens is 358 g/mol. The molecule has 2 aromatic rings. The van der Waals surface area contributed by atoms with Gasteiger partial charge in [-0.25, -0.2) is 8.78 Å². The molecule has 0 aliphatic carbocycles. The fourth-order valence-electron chi connectivity index (χ4n) is 2.32. The predicted octanol–water partition coefficient (Wildman–Crippen LogP) is 2.33. The number of carbonyl (C=O) groups excluding carboxylic acids is 1. The zero-order chi connectivity index (χ0) is 19.6. The van der Waals surface area contributed by atoms with Gasteiger partial charge in [0.05, 0.1) is 4.53 Å². The van der Waals surface area contributed by atoms with E-state index in [2.05, 4.69) is 0 Å². The first-order valence-electron chi connectivity index (χ1n) is 7.95. The zero-order valence-corrected chi connectivity index (χ0v) is 15.7. The number of hydrogen-bond acceptors (Lipinski definition) is 4. The minimum absolute atomic E-state index is 0.0774. The van der Waals surface area contributed by atoms with Crippen molar-refractivity contribution in [2.24, 2.45) is 5.41 Å². The third kappa shape index (κ3) is 3.81. The lowest BCUT2D eigenvalue weighted by Gasteiger charge is -2.15. The summed E-state index contributed by atoms with van der Waals surface area (Å²) < 4.78 is 28.3. The summed E-state index contributed by atoms with van der Waals surface area (Å²) in [4.78, 5) is 25.2. The number of hydrogen-bond donors (Lipinski definition) is 0. The highest BCUT2D eigenvalue weighted by molar-refractivity contribution is 7.07. The summed E-state index contributed by atoms with van der Waals surface area (Å²) in [7, 11) is 0. The molecule has 0 aliphatic rings. The van der Waals surface area contributed by atoms with Gasteiger partial charge in [0, 0.05) is 12.0 Å². The highest BCUT2D eigenvalue weighted by Gasteiger charge is 2.27. The number of carbonyl (C=O) groups is 1. The summed E-state index contributed by atoms with van der Waals surface area (Å²) in [6.45, 7) is 7.10. The van der Waals surface area contributed by atoms with Crippen LogP contribution >= 0.6 is 11.3 Å². The van der Waals surface area contributed by atoms with Crippen molar-refractivity contribution >= 4 is 28.8 Å². The van der Waals surface area contributed by atoms with Gasteiger partial charge in [-0.05, 0) is 30.7 Å². The van der Waals surface area contributed by atoms with Gasteiger partial charge in [0.2, 0.25) is 0 Å². The number of ketones is 1. The van der Waals surface area contributed by atoms with Crippen molar-refractivity contribution in [1.82, 2.24) is 4.57 Å². The molecule has 0 fully saturated rings. The van der Waals surface area contributed by atoms with E-state index >= 15 is 0 Å². The van der Waals surface area contributed by atoms with Crippen LogP contribution in [0.15, 0.2) is 23.0 Å². The molecule has 4 nitrogen and oxygen atoms in total. The third-order valence-corrected chi connectivity index (χ3v) is 4.83. The van der Waals surface area contributed by atoms with Crippen molar-refractivity contribution in [1.29, 1.82) is 5.26 Å². The lowest BCUT2D eigenvalue weighted by molar-refractivity contribution is -0.120. The van der Waals surface area contributed by atoms with E-state index in [9.17, 15) is 23.6 Å². The third-order valence-electron chi connectivity index (χ3n) is 3.70. The number of aromatic nitrogens is 1. The average Bonchev–Trinajstić information content (AvgIpc) is 2.86. The lowest BCUT2D eigenvalue weighted by atomic mass is 9.87. The second-order valence-electron chi connectivity index (χ2n) is 6.70. The van der Waals surface area contributed by atoms with Crippen molar-refractivity contribution in [3.05, 3.63) is 54.9 Å². The quantitative estimate of drug-likeness (QED) is 0.826. The van der Waals surface area contributed by atoms with E-state index in [0.717, 1.165) is 23.5 Å². The summed E-state index contributed by atoms with van der Waals surface area (Å²) in [5.74, 6) is -2.35. The predicted molar refractivity (Wildman–Crippen MR) is 96.9 cm³/mol. The maximum Gasteiger partial charge on any atom is 0.269 e. The van der Waals surface area contributed by atoms with E-state index in [-0.39, 0.29) is 32.7 Å². The van der Waals surface area contributed by atoms with Gasteiger partial charge >= 0.3 is 0 Å². The van der Waals surface area contributed by atoms with E-state index < -0.39 is 17.0 Å². The van der Waals surface area contributed by atoms with Gasteiger partial charge in [-0.15, -0.1) is 11.3 Å². The molecule has 2 rings (SSSR count). The Morgan fingerprint density at radius 1 is 1.31 bits per heavy atom. The Kier molecular flexibility index (Phi) is 5.57. The normalized spacial score (nSPS) is 13.5. The van der Waals surface area contributed by atoms with Crippen LogP contribution in [0.2, 0.25) is 0 Å². The van der Waals surface area contributed by atoms with Crippen molar-refractivity contribution in [2.45, 2.75) is 34.2 Å². The smallest absolute Gasteiger partial charge is 0.269 e. The summed E-state index contributed by atoms with van der Waals surface area (Å²) >= 11 is 0.991. The van der Waals surface area contributed by atoms with Crippen LogP contribution in [0.5, 0.6) is 0 Å². The first-order valence-corrected chi connectivity index (χ1v) is 8.77. The second kappa shape index (κ2) is 7.34. The zero-order valence-electron chi connectivity index (χ0n) is 14.9. The minimum Gasteiger partial charge on any atom is -0.298 e. The van der Waals surface area contributed by atoms with Crippen molar-refractivity contribution < 1.29 is 13.6 Å². The molecule has 7 heteroatoms. The summed E-state index contributed by atoms with van der Waals surface area (Å²) in [5, 5.41) is 9.47. The molecule has 0 saturated carbocycles. The molecule has 0 bridgehead atoms. The van der Waals surface area contributed by atoms with Crippen LogP contribution in [0.3, 0.4) is 0 Å². The summed E-state index contributed by atoms with van der Waals surface area (Å²) in [6.07, 6.45) is 1.42. The molecule has 1 heterocycles. The number of nitrogens with zero attached hydrogens (tertiary/aromatic N) is 2. The highest BCUT2D eigenvalue weighted by Crippen LogP contribution is 2.19. The SMILES string of the molecule is CCn1c(=O)/c(=C/c2ccc(F)c(F)c2)s/c1=C(\C#N)C(=O)C(C)(C)C. The first kappa shape index (κ1) is 19.7. The monoisotopic (exact) mass is 376 g/mol. The van der Waals surface area contributed by atoms with Crippen LogP contribution in [0.4, 0.5) is 8.78 Å². The number of rotatable bonds is 3. The maximum atomic E-state index is 13.4. The molecule has 1 aromatic carbocycles. The fourth-order valence-corrected chi connectivity index (χ4v) is 3.48. The van der Waals surface area contributed by atoms with Crippen LogP contribution in [0.1, 0.15) is 33.3 Å². The molecule has 0 amide bonds. The number of Topliss-reactive ketones (excluding diaryl/α,β-unsaturated/α-hetero) is 1. The molecule has 0 N–H and O–H groups in total. The molecule has 0 saturated heterocycles. The van der Waals surface area contributed by atoms with Gasteiger partial charge in [0.15, 0.2) is 17.4 Å². The standard InChI is InChI=1S/C19H18F2N2O2S/c1-5-23-17(25)15(9-11-6-7-13(20)14(21)8-11)26-18(23)12(10-22)16(24)19(2,3)4/h6-9H,5H2,1-4H3/b15-9-,18-12+. The maximum absolute atomic E-state index is 13.4. The minimum atomic E-state index is -1.02. The fraction of sp³-hybridized carbons (Fsp3) is 0.316. The Balaban J connectivity index is 2.82. The van der Waals surface area contributed by atoms with Crippen molar-refractivity contribution in [3.8, 4) is 6.07 Å². The topological polar surface area (TPSA) is 62.9 Å². The molecule has 136 valence electrons. The van der Waals surface area contributed by atoms with Crippen LogP contribution in [-0.2, 0) is 11.3 Å². The molecule has 0 aliphatic heterocycles. The van der Waals surface area contributed by atoms with E-state index in [1.807, 2.05) is 6.07 Å². The molecule has 0 spiro atoms. The highest BCUT2D eigenvalue weighted by atomic mass is 32.1. The van der Waals surface area contributed by atoms with Gasteiger partial charge < -0.3 is 0 Å². The van der Waals surface area contributed by atoms with Gasteiger partial charge in [-0.3, -0.25) is 14.2 Å². The van der Waals surface area contributed by atoms with Crippen LogP contribution < -0.4 is 14.8 Å². The Morgan fingerprint density at radius 2 is 1.96 bits per heavy atom. The molecule has 26 heavy (non-hydrogen) atoms. The van der Waals surface area contributed by atoms with Crippen LogP contribution in [0, 0.1) is 28.4 Å². The molecular formula is C19H18F2N2O2S. The average molecular weight is 376 g/mol. The summed E-state index contributed by atoms with van der Waals surface area (Å²) in [5.41, 5.74) is -0.913. The first-order chi connectivity index (χ1) is 12.1. The Hall–Kier alpha value is -2.59. The van der Waals surface area contributed by atoms with Crippen LogP contribution in [0.25, 0.3) is 11.6 Å². The summed E-state index contributed by atoms with van der Waals surface area (Å²) in [6, 6.07) is 5.23. The molecule has 0 atom stereocenters. The second-order valence-corrected chi connectivity index (χ2v) is 7.74. The molecule has 1 aromatic heterocycles. The van der Waals surface area contributed by atoms with Crippen molar-refractivity contribution in [3.63, 3.8) is 0 Å². The van der Waals surface area contributed by atoms with Gasteiger partial charge in [0.1, 0.15) is 16.3 Å². The van der Waals surface area contributed by atoms with E-state index in [0.29, 0.717) is 5.56 Å². The lowest BCUT2D eigenvalue weighted by Crippen LogP contribution is -2.33. The Morgan fingerprint density at radius 3 is 2.46 bits per heavy atom. The van der Waals surface area contributed by atoms with Gasteiger partial charge in [-0.2, -0.15) is 5.26 Å². The largest absolute Gasteiger partial charge is 0.298 e. The van der Waals surface area contributed by atoms with E-state index in [1.54, 1.807) is 27.7 Å². The van der Waals surface area contributed by atoms with Crippen LogP contribution in [-0.4, -0.2) is 10.4 Å². The number of halogens is 2. The number of nitriles is 1. The van der Waals surface area contributed by atoms with E-state index in [4.69, 9.17) is 0 Å². The van der Waals surface area contributed by atoms with Gasteiger partial charge in [-0.1, -0.05) is 26.8 Å². The molecule has 0 unspecified atom stereocenters. The molecule has 0 radical (unpaired) electrons. The number of thiazole rings is 1. The van der Waals surface area contributed by atoms with Gasteiger partial charge in [0.25, 0.3) is 5.56 Å². The van der Waals surface area contributed by atoms with Crippen molar-refractivity contribution in [2.75, 3.05) is 0 Å². The Bertz CT molecular complexity index is 1080. The Labute approximate surface area is 153 Å². The number of benzene rings is 1. The van der Waals surface area contributed by atoms with E-state index in [1.165, 1.54) is 16.7 Å².